The summed E-state index contributed by atoms with van der Waals surface area (Å²) < 4.78 is 28.9. The van der Waals surface area contributed by atoms with Crippen molar-refractivity contribution in [2.75, 3.05) is 38.1 Å². The fourth-order valence-electron chi connectivity index (χ4n) is 3.56. The van der Waals surface area contributed by atoms with Crippen LogP contribution in [0.3, 0.4) is 0 Å². The van der Waals surface area contributed by atoms with Crippen molar-refractivity contribution in [3.05, 3.63) is 65.5 Å². The average Bonchev–Trinajstić information content (AvgIpc) is 3.14. The van der Waals surface area contributed by atoms with Crippen molar-refractivity contribution in [3.8, 4) is 11.3 Å². The molecule has 1 saturated heterocycles. The molecule has 0 saturated carbocycles. The SMILES string of the molecule is CN1CCN(c2ccc(CNC(=O)c3cn(C)nc3-c3ccc(F)cc3F)cn2)CC1. The number of hydrogen-bond acceptors (Lipinski definition) is 5. The Hall–Kier alpha value is -3.33. The van der Waals surface area contributed by atoms with Crippen molar-refractivity contribution in [1.29, 1.82) is 0 Å². The second-order valence-corrected chi connectivity index (χ2v) is 7.69. The number of likely N-dealkylation sites (N-methyl/N-ethyl adjacent to an activating group) is 1. The normalized spacial score (nSPS) is 14.6. The zero-order valence-electron chi connectivity index (χ0n) is 17.5. The molecule has 0 unspecified atom stereocenters. The maximum absolute atomic E-state index is 14.2. The molecule has 1 amide bonds. The number of benzene rings is 1. The summed E-state index contributed by atoms with van der Waals surface area (Å²) in [5.74, 6) is -0.924. The van der Waals surface area contributed by atoms with Crippen molar-refractivity contribution in [2.45, 2.75) is 6.54 Å². The molecule has 1 aromatic carbocycles. The summed E-state index contributed by atoms with van der Waals surface area (Å²) in [6.07, 6.45) is 3.26. The lowest BCUT2D eigenvalue weighted by Gasteiger charge is -2.33. The molecular weight excluding hydrogens is 402 g/mol. The number of anilines is 1. The van der Waals surface area contributed by atoms with Crippen molar-refractivity contribution >= 4 is 11.7 Å². The third kappa shape index (κ3) is 4.72. The number of nitrogens with one attached hydrogen (secondary N) is 1. The highest BCUT2D eigenvalue weighted by atomic mass is 19.1. The van der Waals surface area contributed by atoms with E-state index in [1.54, 1.807) is 13.2 Å². The number of carbonyl (C=O) groups is 1. The highest BCUT2D eigenvalue weighted by molar-refractivity contribution is 5.99. The Labute approximate surface area is 179 Å². The van der Waals surface area contributed by atoms with Crippen molar-refractivity contribution in [1.82, 2.24) is 25.0 Å². The average molecular weight is 426 g/mol. The fraction of sp³-hybridized carbons (Fsp3) is 0.318. The van der Waals surface area contributed by atoms with Crippen LogP contribution in [0.15, 0.2) is 42.7 Å². The standard InChI is InChI=1S/C22H24F2N6O/c1-28-7-9-30(10-8-28)20-6-3-15(12-25-20)13-26-22(31)18-14-29(2)27-21(18)17-5-4-16(23)11-19(17)24/h3-6,11-12,14H,7-10,13H2,1-2H3,(H,26,31). The predicted molar refractivity (Wildman–Crippen MR) is 114 cm³/mol. The molecule has 3 heterocycles. The van der Waals surface area contributed by atoms with E-state index >= 15 is 0 Å². The molecular formula is C22H24F2N6O. The Balaban J connectivity index is 1.44. The van der Waals surface area contributed by atoms with Crippen LogP contribution in [0.25, 0.3) is 11.3 Å². The third-order valence-corrected chi connectivity index (χ3v) is 5.35. The monoisotopic (exact) mass is 426 g/mol. The molecule has 31 heavy (non-hydrogen) atoms. The van der Waals surface area contributed by atoms with Gasteiger partial charge in [-0.2, -0.15) is 5.10 Å². The maximum atomic E-state index is 14.2. The summed E-state index contributed by atoms with van der Waals surface area (Å²) in [4.78, 5) is 21.8. The molecule has 0 bridgehead atoms. The molecule has 1 N–H and O–H groups in total. The Morgan fingerprint density at radius 1 is 1.10 bits per heavy atom. The van der Waals surface area contributed by atoms with Gasteiger partial charge >= 0.3 is 0 Å². The van der Waals surface area contributed by atoms with E-state index in [0.29, 0.717) is 0 Å². The number of carbonyl (C=O) groups excluding carboxylic acids is 1. The number of piperazine rings is 1. The molecule has 0 spiro atoms. The lowest BCUT2D eigenvalue weighted by molar-refractivity contribution is 0.0951. The Morgan fingerprint density at radius 3 is 2.55 bits per heavy atom. The van der Waals surface area contributed by atoms with Gasteiger partial charge in [0, 0.05) is 63.8 Å². The zero-order valence-corrected chi connectivity index (χ0v) is 17.5. The number of hydrogen-bond donors (Lipinski definition) is 1. The minimum absolute atomic E-state index is 0.0744. The van der Waals surface area contributed by atoms with Gasteiger partial charge in [0.2, 0.25) is 0 Å². The summed E-state index contributed by atoms with van der Waals surface area (Å²) in [6.45, 7) is 4.14. The molecule has 2 aromatic heterocycles. The van der Waals surface area contributed by atoms with Gasteiger partial charge in [-0.05, 0) is 30.8 Å². The summed E-state index contributed by atoms with van der Waals surface area (Å²) >= 11 is 0. The smallest absolute Gasteiger partial charge is 0.255 e. The van der Waals surface area contributed by atoms with Crippen LogP contribution in [-0.2, 0) is 13.6 Å². The van der Waals surface area contributed by atoms with Gasteiger partial charge in [-0.1, -0.05) is 6.07 Å². The summed E-state index contributed by atoms with van der Waals surface area (Å²) in [5, 5.41) is 7.01. The summed E-state index contributed by atoms with van der Waals surface area (Å²) in [6, 6.07) is 7.09. The summed E-state index contributed by atoms with van der Waals surface area (Å²) in [7, 11) is 3.75. The van der Waals surface area contributed by atoms with Crippen LogP contribution in [0, 0.1) is 11.6 Å². The van der Waals surface area contributed by atoms with E-state index in [1.165, 1.54) is 16.9 Å². The van der Waals surface area contributed by atoms with Crippen LogP contribution in [0.5, 0.6) is 0 Å². The molecule has 162 valence electrons. The second kappa shape index (κ2) is 8.81. The van der Waals surface area contributed by atoms with Crippen LogP contribution in [0.1, 0.15) is 15.9 Å². The third-order valence-electron chi connectivity index (χ3n) is 5.35. The van der Waals surface area contributed by atoms with Crippen molar-refractivity contribution < 1.29 is 13.6 Å². The summed E-state index contributed by atoms with van der Waals surface area (Å²) in [5.41, 5.74) is 1.31. The molecule has 3 aromatic rings. The molecule has 9 heteroatoms. The Bertz CT molecular complexity index is 1070. The van der Waals surface area contributed by atoms with E-state index in [1.807, 2.05) is 12.1 Å². The van der Waals surface area contributed by atoms with E-state index in [4.69, 9.17) is 0 Å². The molecule has 0 atom stereocenters. The van der Waals surface area contributed by atoms with E-state index in [2.05, 4.69) is 32.2 Å². The molecule has 7 nitrogen and oxygen atoms in total. The number of pyridine rings is 1. The topological polar surface area (TPSA) is 66.3 Å². The van der Waals surface area contributed by atoms with Gasteiger partial charge in [-0.15, -0.1) is 0 Å². The van der Waals surface area contributed by atoms with Crippen LogP contribution in [0.4, 0.5) is 14.6 Å². The lowest BCUT2D eigenvalue weighted by atomic mass is 10.1. The number of rotatable bonds is 5. The molecule has 4 rings (SSSR count). The van der Waals surface area contributed by atoms with E-state index in [9.17, 15) is 13.6 Å². The van der Waals surface area contributed by atoms with Crippen molar-refractivity contribution in [2.24, 2.45) is 7.05 Å². The number of amides is 1. The minimum Gasteiger partial charge on any atom is -0.354 e. The van der Waals surface area contributed by atoms with Crippen LogP contribution in [0.2, 0.25) is 0 Å². The Kier molecular flexibility index (Phi) is 5.94. The fourth-order valence-corrected chi connectivity index (χ4v) is 3.56. The van der Waals surface area contributed by atoms with Gasteiger partial charge in [-0.3, -0.25) is 9.48 Å². The largest absolute Gasteiger partial charge is 0.354 e. The number of aromatic nitrogens is 3. The minimum atomic E-state index is -0.767. The first kappa shape index (κ1) is 20.9. The van der Waals surface area contributed by atoms with E-state index in [-0.39, 0.29) is 23.4 Å². The van der Waals surface area contributed by atoms with Crippen LogP contribution >= 0.6 is 0 Å². The molecule has 1 fully saturated rings. The zero-order chi connectivity index (χ0) is 22.0. The van der Waals surface area contributed by atoms with Crippen LogP contribution in [-0.4, -0.2) is 58.8 Å². The number of nitrogens with zero attached hydrogens (tertiary/aromatic N) is 5. The van der Waals surface area contributed by atoms with E-state index in [0.717, 1.165) is 49.7 Å². The highest BCUT2D eigenvalue weighted by Crippen LogP contribution is 2.25. The lowest BCUT2D eigenvalue weighted by Crippen LogP contribution is -2.44. The molecule has 1 aliphatic heterocycles. The second-order valence-electron chi connectivity index (χ2n) is 7.69. The first-order valence-corrected chi connectivity index (χ1v) is 10.1. The van der Waals surface area contributed by atoms with Gasteiger partial charge in [0.25, 0.3) is 5.91 Å². The van der Waals surface area contributed by atoms with Crippen molar-refractivity contribution in [3.63, 3.8) is 0 Å². The van der Waals surface area contributed by atoms with Gasteiger partial charge < -0.3 is 15.1 Å². The van der Waals surface area contributed by atoms with Gasteiger partial charge in [0.05, 0.1) is 5.56 Å². The molecule has 0 radical (unpaired) electrons. The van der Waals surface area contributed by atoms with Crippen LogP contribution < -0.4 is 10.2 Å². The maximum Gasteiger partial charge on any atom is 0.255 e. The quantitative estimate of drug-likeness (QED) is 0.679. The number of aryl methyl sites for hydroxylation is 1. The van der Waals surface area contributed by atoms with Gasteiger partial charge in [0.1, 0.15) is 23.1 Å². The van der Waals surface area contributed by atoms with E-state index < -0.39 is 17.5 Å². The van der Waals surface area contributed by atoms with Gasteiger partial charge in [-0.25, -0.2) is 13.8 Å². The number of halogens is 2. The molecule has 0 aliphatic carbocycles. The molecule has 1 aliphatic rings. The van der Waals surface area contributed by atoms with Gasteiger partial charge in [0.15, 0.2) is 0 Å². The first-order valence-electron chi connectivity index (χ1n) is 10.1. The highest BCUT2D eigenvalue weighted by Gasteiger charge is 2.20. The first-order chi connectivity index (χ1) is 14.9. The Morgan fingerprint density at radius 2 is 1.87 bits per heavy atom. The predicted octanol–water partition coefficient (Wildman–Crippen LogP) is 2.44.